The molecule has 0 aliphatic heterocycles. The molecule has 0 heterocycles. The lowest BCUT2D eigenvalue weighted by Gasteiger charge is -2.32. The molecule has 1 atom stereocenters. The van der Waals surface area contributed by atoms with Crippen molar-refractivity contribution in [1.82, 2.24) is 10.2 Å². The number of rotatable bonds is 11. The first kappa shape index (κ1) is 29.2. The quantitative estimate of drug-likeness (QED) is 0.359. The maximum atomic E-state index is 13.9. The van der Waals surface area contributed by atoms with Crippen LogP contribution in [0.15, 0.2) is 83.8 Å². The van der Waals surface area contributed by atoms with Crippen LogP contribution in [0.5, 0.6) is 0 Å². The topological polar surface area (TPSA) is 86.8 Å². The Bertz CT molecular complexity index is 1350. The molecular weight excluding hydrogens is 522 g/mol. The van der Waals surface area contributed by atoms with Gasteiger partial charge in [-0.1, -0.05) is 79.5 Å². The third-order valence-electron chi connectivity index (χ3n) is 6.08. The maximum absolute atomic E-state index is 13.9. The van der Waals surface area contributed by atoms with Crippen molar-refractivity contribution >= 4 is 39.1 Å². The summed E-state index contributed by atoms with van der Waals surface area (Å²) >= 11 is 6.38. The van der Waals surface area contributed by atoms with E-state index in [1.807, 2.05) is 20.8 Å². The van der Waals surface area contributed by atoms with Gasteiger partial charge in [0.15, 0.2) is 0 Å². The highest BCUT2D eigenvalue weighted by Gasteiger charge is 2.32. The summed E-state index contributed by atoms with van der Waals surface area (Å²) in [7, 11) is -4.09. The number of halogens is 1. The van der Waals surface area contributed by atoms with E-state index >= 15 is 0 Å². The number of nitrogens with one attached hydrogen (secondary N) is 1. The lowest BCUT2D eigenvalue weighted by Crippen LogP contribution is -2.51. The number of amides is 2. The molecule has 0 radical (unpaired) electrons. The van der Waals surface area contributed by atoms with Gasteiger partial charge < -0.3 is 10.2 Å². The number of hydrogen-bond donors (Lipinski definition) is 1. The maximum Gasteiger partial charge on any atom is 0.264 e. The molecule has 9 heteroatoms. The molecule has 0 saturated carbocycles. The Hall–Kier alpha value is -3.36. The predicted octanol–water partition coefficient (Wildman–Crippen LogP) is 5.03. The van der Waals surface area contributed by atoms with Gasteiger partial charge in [-0.15, -0.1) is 0 Å². The van der Waals surface area contributed by atoms with Gasteiger partial charge in [-0.2, -0.15) is 0 Å². The summed E-state index contributed by atoms with van der Waals surface area (Å²) in [6.07, 6.45) is 0. The second-order valence-corrected chi connectivity index (χ2v) is 11.9. The van der Waals surface area contributed by atoms with Crippen molar-refractivity contribution in [3.8, 4) is 0 Å². The van der Waals surface area contributed by atoms with Crippen LogP contribution in [0.3, 0.4) is 0 Å². The van der Waals surface area contributed by atoms with Gasteiger partial charge >= 0.3 is 0 Å². The standard InChI is InChI=1S/C29H34ClN3O4S/c1-21(2)18-31-29(35)23(4)32(19-24-10-8-9-13-27(24)30)28(34)20-33(25-11-6-5-7-12-25)38(36,37)26-16-14-22(3)15-17-26/h5-17,21,23H,18-20H2,1-4H3,(H,31,35)/t23-/m0/s1. The van der Waals surface area contributed by atoms with Crippen LogP contribution in [0.1, 0.15) is 31.9 Å². The summed E-state index contributed by atoms with van der Waals surface area (Å²) < 4.78 is 28.6. The number of sulfonamides is 1. The fraction of sp³-hybridized carbons (Fsp3) is 0.310. The van der Waals surface area contributed by atoms with Crippen molar-refractivity contribution in [3.63, 3.8) is 0 Å². The second kappa shape index (κ2) is 12.9. The fourth-order valence-electron chi connectivity index (χ4n) is 3.81. The van der Waals surface area contributed by atoms with Gasteiger partial charge in [0.1, 0.15) is 12.6 Å². The largest absolute Gasteiger partial charge is 0.354 e. The molecule has 0 unspecified atom stereocenters. The van der Waals surface area contributed by atoms with E-state index in [2.05, 4.69) is 5.32 Å². The van der Waals surface area contributed by atoms with Gasteiger partial charge in [0.2, 0.25) is 11.8 Å². The smallest absolute Gasteiger partial charge is 0.264 e. The first-order valence-electron chi connectivity index (χ1n) is 12.5. The minimum atomic E-state index is -4.09. The summed E-state index contributed by atoms with van der Waals surface area (Å²) in [5, 5.41) is 3.32. The first-order chi connectivity index (χ1) is 18.0. The Balaban J connectivity index is 1.99. The Morgan fingerprint density at radius 3 is 2.11 bits per heavy atom. The lowest BCUT2D eigenvalue weighted by atomic mass is 10.1. The highest BCUT2D eigenvalue weighted by molar-refractivity contribution is 7.92. The van der Waals surface area contributed by atoms with E-state index < -0.39 is 28.5 Å². The van der Waals surface area contributed by atoms with E-state index in [0.717, 1.165) is 9.87 Å². The van der Waals surface area contributed by atoms with Crippen LogP contribution >= 0.6 is 11.6 Å². The van der Waals surface area contributed by atoms with Crippen LogP contribution in [0, 0.1) is 12.8 Å². The summed E-state index contributed by atoms with van der Waals surface area (Å²) in [5.74, 6) is -0.629. The molecule has 0 aliphatic rings. The van der Waals surface area contributed by atoms with Crippen LogP contribution < -0.4 is 9.62 Å². The molecule has 0 fully saturated rings. The zero-order chi connectivity index (χ0) is 27.9. The van der Waals surface area contributed by atoms with Crippen molar-refractivity contribution < 1.29 is 18.0 Å². The minimum Gasteiger partial charge on any atom is -0.354 e. The van der Waals surface area contributed by atoms with E-state index in [0.29, 0.717) is 22.8 Å². The Labute approximate surface area is 230 Å². The monoisotopic (exact) mass is 555 g/mol. The number of anilines is 1. The van der Waals surface area contributed by atoms with Crippen molar-refractivity contribution in [1.29, 1.82) is 0 Å². The summed E-state index contributed by atoms with van der Waals surface area (Å²) in [6, 6.07) is 21.1. The normalized spacial score (nSPS) is 12.2. The summed E-state index contributed by atoms with van der Waals surface area (Å²) in [4.78, 5) is 28.3. The molecule has 0 spiro atoms. The SMILES string of the molecule is Cc1ccc(S(=O)(=O)N(CC(=O)N(Cc2ccccc2Cl)[C@@H](C)C(=O)NCC(C)C)c2ccccc2)cc1. The van der Waals surface area contributed by atoms with E-state index in [1.54, 1.807) is 73.7 Å². The molecule has 0 aliphatic carbocycles. The highest BCUT2D eigenvalue weighted by Crippen LogP contribution is 2.25. The zero-order valence-electron chi connectivity index (χ0n) is 22.1. The lowest BCUT2D eigenvalue weighted by molar-refractivity contribution is -0.139. The average molecular weight is 556 g/mol. The summed E-state index contributed by atoms with van der Waals surface area (Å²) in [5.41, 5.74) is 1.91. The third kappa shape index (κ3) is 7.36. The molecule has 3 aromatic rings. The van der Waals surface area contributed by atoms with Crippen LogP contribution in [0.4, 0.5) is 5.69 Å². The van der Waals surface area contributed by atoms with Gasteiger partial charge in [0.25, 0.3) is 10.0 Å². The van der Waals surface area contributed by atoms with Crippen molar-refractivity contribution in [2.45, 2.75) is 45.2 Å². The molecule has 2 amide bonds. The van der Waals surface area contributed by atoms with E-state index in [4.69, 9.17) is 11.6 Å². The first-order valence-corrected chi connectivity index (χ1v) is 14.3. The van der Waals surface area contributed by atoms with Gasteiger partial charge in [-0.3, -0.25) is 13.9 Å². The average Bonchev–Trinajstić information content (AvgIpc) is 2.90. The number of hydrogen-bond acceptors (Lipinski definition) is 4. The van der Waals surface area contributed by atoms with Crippen molar-refractivity contribution in [2.24, 2.45) is 5.92 Å². The van der Waals surface area contributed by atoms with Gasteiger partial charge in [0.05, 0.1) is 10.6 Å². The minimum absolute atomic E-state index is 0.0436. The number of para-hydroxylation sites is 1. The molecule has 202 valence electrons. The Kier molecular flexibility index (Phi) is 9.94. The number of aryl methyl sites for hydroxylation is 1. The van der Waals surface area contributed by atoms with E-state index in [-0.39, 0.29) is 23.3 Å². The molecule has 1 N–H and O–H groups in total. The number of benzene rings is 3. The van der Waals surface area contributed by atoms with Crippen molar-refractivity contribution in [3.05, 3.63) is 95.0 Å². The van der Waals surface area contributed by atoms with E-state index in [1.165, 1.54) is 17.0 Å². The Morgan fingerprint density at radius 1 is 0.895 bits per heavy atom. The molecule has 7 nitrogen and oxygen atoms in total. The van der Waals surface area contributed by atoms with Gasteiger partial charge in [-0.25, -0.2) is 8.42 Å². The number of carbonyl (C=O) groups is 2. The van der Waals surface area contributed by atoms with Crippen molar-refractivity contribution in [2.75, 3.05) is 17.4 Å². The summed E-state index contributed by atoms with van der Waals surface area (Å²) in [6.45, 7) is 7.46. The number of carbonyl (C=O) groups excluding carboxylic acids is 2. The fourth-order valence-corrected chi connectivity index (χ4v) is 5.42. The van der Waals surface area contributed by atoms with Gasteiger partial charge in [0, 0.05) is 18.1 Å². The molecule has 38 heavy (non-hydrogen) atoms. The van der Waals surface area contributed by atoms with Gasteiger partial charge in [-0.05, 0) is 55.7 Å². The molecule has 0 saturated heterocycles. The molecule has 3 aromatic carbocycles. The zero-order valence-corrected chi connectivity index (χ0v) is 23.7. The Morgan fingerprint density at radius 2 is 1.50 bits per heavy atom. The number of nitrogens with zero attached hydrogens (tertiary/aromatic N) is 2. The molecular formula is C29H34ClN3O4S. The second-order valence-electron chi connectivity index (χ2n) is 9.59. The van der Waals surface area contributed by atoms with Crippen LogP contribution in [0.2, 0.25) is 5.02 Å². The van der Waals surface area contributed by atoms with Crippen LogP contribution in [-0.2, 0) is 26.2 Å². The molecule has 0 aromatic heterocycles. The highest BCUT2D eigenvalue weighted by atomic mass is 35.5. The van der Waals surface area contributed by atoms with E-state index in [9.17, 15) is 18.0 Å². The molecule has 0 bridgehead atoms. The third-order valence-corrected chi connectivity index (χ3v) is 8.24. The predicted molar refractivity (Wildman–Crippen MR) is 151 cm³/mol. The van der Waals surface area contributed by atoms with Crippen LogP contribution in [-0.4, -0.2) is 44.3 Å². The molecule has 3 rings (SSSR count). The van der Waals surface area contributed by atoms with Crippen LogP contribution in [0.25, 0.3) is 0 Å².